The zero-order chi connectivity index (χ0) is 23.9. The molecule has 1 aliphatic carbocycles. The first-order valence-corrected chi connectivity index (χ1v) is 11.9. The van der Waals surface area contributed by atoms with E-state index in [4.69, 9.17) is 9.84 Å². The normalized spacial score (nSPS) is 12.0. The van der Waals surface area contributed by atoms with E-state index in [1.807, 2.05) is 24.3 Å². The number of nitrogens with zero attached hydrogens (tertiary/aromatic N) is 1. The number of fused-ring (bicyclic) bond motifs is 3. The minimum absolute atomic E-state index is 0.0358. The van der Waals surface area contributed by atoms with Crippen LogP contribution >= 0.6 is 11.3 Å². The van der Waals surface area contributed by atoms with E-state index in [0.29, 0.717) is 24.3 Å². The van der Waals surface area contributed by atoms with Crippen molar-refractivity contribution in [3.8, 4) is 11.1 Å². The number of amides is 2. The molecule has 1 aromatic heterocycles. The van der Waals surface area contributed by atoms with Crippen LogP contribution in [0.4, 0.5) is 9.93 Å². The number of benzene rings is 2. The van der Waals surface area contributed by atoms with Gasteiger partial charge in [-0.1, -0.05) is 66.3 Å². The van der Waals surface area contributed by atoms with Gasteiger partial charge in [-0.05, 0) is 35.1 Å². The van der Waals surface area contributed by atoms with Gasteiger partial charge >= 0.3 is 12.1 Å². The molecule has 0 saturated heterocycles. The molecule has 176 valence electrons. The van der Waals surface area contributed by atoms with Gasteiger partial charge in [0.05, 0.1) is 6.20 Å². The van der Waals surface area contributed by atoms with Crippen molar-refractivity contribution in [2.45, 2.75) is 31.6 Å². The minimum atomic E-state index is -0.815. The van der Waals surface area contributed by atoms with Gasteiger partial charge in [0.15, 0.2) is 5.13 Å². The zero-order valence-electron chi connectivity index (χ0n) is 18.5. The molecule has 2 amide bonds. The number of hydrogen-bond acceptors (Lipinski definition) is 6. The monoisotopic (exact) mass is 479 g/mol. The van der Waals surface area contributed by atoms with Crippen LogP contribution in [0.5, 0.6) is 0 Å². The van der Waals surface area contributed by atoms with E-state index in [1.165, 1.54) is 6.20 Å². The molecule has 0 aliphatic heterocycles. The molecule has 3 aromatic rings. The van der Waals surface area contributed by atoms with Gasteiger partial charge in [0.25, 0.3) is 5.91 Å². The van der Waals surface area contributed by atoms with E-state index < -0.39 is 12.1 Å². The first kappa shape index (κ1) is 23.4. The summed E-state index contributed by atoms with van der Waals surface area (Å²) in [5.74, 6) is -1.13. The van der Waals surface area contributed by atoms with Gasteiger partial charge in [0.2, 0.25) is 0 Å². The molecule has 9 heteroatoms. The second-order valence-corrected chi connectivity index (χ2v) is 8.97. The molecule has 4 rings (SSSR count). The number of unbranched alkanes of at least 4 members (excludes halogenated alkanes) is 2. The van der Waals surface area contributed by atoms with Gasteiger partial charge in [0, 0.05) is 18.9 Å². The molecular formula is C25H25N3O5S. The maximum Gasteiger partial charge on any atom is 0.413 e. The number of aliphatic carboxylic acids is 1. The van der Waals surface area contributed by atoms with Crippen LogP contribution in [0.15, 0.2) is 54.7 Å². The number of carbonyl (C=O) groups excluding carboxylic acids is 2. The second kappa shape index (κ2) is 10.9. The molecule has 1 aliphatic rings. The minimum Gasteiger partial charge on any atom is -0.481 e. The van der Waals surface area contributed by atoms with Gasteiger partial charge in [-0.25, -0.2) is 9.78 Å². The third-order valence-electron chi connectivity index (χ3n) is 5.64. The number of aromatic nitrogens is 1. The van der Waals surface area contributed by atoms with E-state index in [0.717, 1.165) is 40.0 Å². The van der Waals surface area contributed by atoms with Gasteiger partial charge in [-0.3, -0.25) is 14.9 Å². The number of thiazole rings is 1. The highest BCUT2D eigenvalue weighted by Gasteiger charge is 2.29. The molecular weight excluding hydrogens is 454 g/mol. The molecule has 8 nitrogen and oxygen atoms in total. The SMILES string of the molecule is O=C(O)CCCCCNC(=O)c1cnc(NC(=O)OCC2c3ccccc3-c3ccccc32)s1. The molecule has 2 aromatic carbocycles. The lowest BCUT2D eigenvalue weighted by molar-refractivity contribution is -0.137. The zero-order valence-corrected chi connectivity index (χ0v) is 19.3. The largest absolute Gasteiger partial charge is 0.481 e. The summed E-state index contributed by atoms with van der Waals surface area (Å²) in [6.45, 7) is 0.645. The summed E-state index contributed by atoms with van der Waals surface area (Å²) >= 11 is 1.06. The van der Waals surface area contributed by atoms with Crippen LogP contribution in [0.25, 0.3) is 11.1 Å². The molecule has 0 bridgehead atoms. The van der Waals surface area contributed by atoms with E-state index in [-0.39, 0.29) is 30.0 Å². The third-order valence-corrected chi connectivity index (χ3v) is 6.55. The Morgan fingerprint density at radius 2 is 1.65 bits per heavy atom. The van der Waals surface area contributed by atoms with Crippen molar-refractivity contribution in [1.29, 1.82) is 0 Å². The van der Waals surface area contributed by atoms with E-state index in [9.17, 15) is 14.4 Å². The Balaban J connectivity index is 1.25. The van der Waals surface area contributed by atoms with E-state index in [2.05, 4.69) is 39.9 Å². The van der Waals surface area contributed by atoms with E-state index >= 15 is 0 Å². The Labute approximate surface area is 201 Å². The number of nitrogens with one attached hydrogen (secondary N) is 2. The van der Waals surface area contributed by atoms with Crippen LogP contribution in [-0.4, -0.2) is 41.2 Å². The van der Waals surface area contributed by atoms with Crippen molar-refractivity contribution in [3.63, 3.8) is 0 Å². The predicted molar refractivity (Wildman–Crippen MR) is 129 cm³/mol. The Morgan fingerprint density at radius 1 is 0.971 bits per heavy atom. The van der Waals surface area contributed by atoms with Crippen LogP contribution in [0.1, 0.15) is 52.4 Å². The highest BCUT2D eigenvalue weighted by atomic mass is 32.1. The quantitative estimate of drug-likeness (QED) is 0.357. The lowest BCUT2D eigenvalue weighted by Gasteiger charge is -2.14. The number of carboxylic acids is 1. The topological polar surface area (TPSA) is 118 Å². The fourth-order valence-corrected chi connectivity index (χ4v) is 4.74. The first-order chi connectivity index (χ1) is 16.5. The molecule has 0 atom stereocenters. The number of hydrogen-bond donors (Lipinski definition) is 3. The Morgan fingerprint density at radius 3 is 2.32 bits per heavy atom. The summed E-state index contributed by atoms with van der Waals surface area (Å²) in [6.07, 6.45) is 2.92. The standard InChI is InChI=1S/C25H25N3O5S/c29-22(30)12-2-1-7-13-26-23(31)21-14-27-24(34-21)28-25(32)33-15-20-18-10-5-3-8-16(18)17-9-4-6-11-19(17)20/h3-6,8-11,14,20H,1-2,7,12-13,15H2,(H,26,31)(H,29,30)(H,27,28,32). The van der Waals surface area contributed by atoms with E-state index in [1.54, 1.807) is 0 Å². The molecule has 3 N–H and O–H groups in total. The second-order valence-electron chi connectivity index (χ2n) is 7.94. The smallest absolute Gasteiger partial charge is 0.413 e. The maximum absolute atomic E-state index is 12.4. The Hall–Kier alpha value is -3.72. The van der Waals surface area contributed by atoms with Crippen LogP contribution in [0.2, 0.25) is 0 Å². The number of rotatable bonds is 10. The lowest BCUT2D eigenvalue weighted by atomic mass is 9.98. The van der Waals surface area contributed by atoms with Crippen molar-refractivity contribution in [1.82, 2.24) is 10.3 Å². The van der Waals surface area contributed by atoms with Crippen molar-refractivity contribution in [2.75, 3.05) is 18.5 Å². The Kier molecular flexibility index (Phi) is 7.54. The molecule has 0 fully saturated rings. The fourth-order valence-electron chi connectivity index (χ4n) is 4.03. The highest BCUT2D eigenvalue weighted by molar-refractivity contribution is 7.17. The van der Waals surface area contributed by atoms with Gasteiger partial charge in [0.1, 0.15) is 11.5 Å². The fraction of sp³-hybridized carbons (Fsp3) is 0.280. The molecule has 34 heavy (non-hydrogen) atoms. The average molecular weight is 480 g/mol. The molecule has 0 radical (unpaired) electrons. The molecule has 0 unspecified atom stereocenters. The predicted octanol–water partition coefficient (Wildman–Crippen LogP) is 4.88. The van der Waals surface area contributed by atoms with Crippen LogP contribution < -0.4 is 10.6 Å². The lowest BCUT2D eigenvalue weighted by Crippen LogP contribution is -2.23. The van der Waals surface area contributed by atoms with Crippen LogP contribution in [0.3, 0.4) is 0 Å². The van der Waals surface area contributed by atoms with Crippen LogP contribution in [-0.2, 0) is 9.53 Å². The third kappa shape index (κ3) is 5.60. The number of carbonyl (C=O) groups is 3. The first-order valence-electron chi connectivity index (χ1n) is 11.1. The summed E-state index contributed by atoms with van der Waals surface area (Å²) in [6, 6.07) is 16.2. The molecule has 0 spiro atoms. The maximum atomic E-state index is 12.4. The van der Waals surface area contributed by atoms with Crippen molar-refractivity contribution >= 4 is 34.4 Å². The van der Waals surface area contributed by atoms with Gasteiger partial charge < -0.3 is 15.2 Å². The summed E-state index contributed by atoms with van der Waals surface area (Å²) in [5, 5.41) is 14.3. The molecule has 0 saturated carbocycles. The van der Waals surface area contributed by atoms with Crippen molar-refractivity contribution < 1.29 is 24.2 Å². The summed E-state index contributed by atoms with van der Waals surface area (Å²) in [7, 11) is 0. The van der Waals surface area contributed by atoms with Crippen LogP contribution in [0, 0.1) is 0 Å². The number of carboxylic acid groups (broad SMARTS) is 1. The molecule has 1 heterocycles. The summed E-state index contributed by atoms with van der Waals surface area (Å²) in [4.78, 5) is 39.6. The highest BCUT2D eigenvalue weighted by Crippen LogP contribution is 2.44. The number of anilines is 1. The Bertz CT molecular complexity index is 1150. The van der Waals surface area contributed by atoms with Crippen molar-refractivity contribution in [2.24, 2.45) is 0 Å². The number of ether oxygens (including phenoxy) is 1. The van der Waals surface area contributed by atoms with Gasteiger partial charge in [-0.15, -0.1) is 0 Å². The van der Waals surface area contributed by atoms with Gasteiger partial charge in [-0.2, -0.15) is 0 Å². The van der Waals surface area contributed by atoms with Crippen molar-refractivity contribution in [3.05, 3.63) is 70.7 Å². The summed E-state index contributed by atoms with van der Waals surface area (Å²) < 4.78 is 5.51. The average Bonchev–Trinajstić information content (AvgIpc) is 3.42. The summed E-state index contributed by atoms with van der Waals surface area (Å²) in [5.41, 5.74) is 4.58.